The van der Waals surface area contributed by atoms with Crippen molar-refractivity contribution in [3.63, 3.8) is 0 Å². The van der Waals surface area contributed by atoms with Gasteiger partial charge in [0.15, 0.2) is 0 Å². The Morgan fingerprint density at radius 2 is 1.93 bits per heavy atom. The molecule has 0 radical (unpaired) electrons. The maximum absolute atomic E-state index is 15.4. The predicted octanol–water partition coefficient (Wildman–Crippen LogP) is 5.31. The lowest BCUT2D eigenvalue weighted by atomic mass is 10.0. The molecule has 3 heterocycles. The summed E-state index contributed by atoms with van der Waals surface area (Å²) in [4.78, 5) is 22.7. The van der Waals surface area contributed by atoms with Crippen molar-refractivity contribution in [1.29, 1.82) is 0 Å². The molecule has 0 bridgehead atoms. The lowest BCUT2D eigenvalue weighted by molar-refractivity contribution is 0.254. The van der Waals surface area contributed by atoms with Crippen LogP contribution in [-0.2, 0) is 15.8 Å². The first-order valence-electron chi connectivity index (χ1n) is 13.7. The quantitative estimate of drug-likeness (QED) is 0.240. The van der Waals surface area contributed by atoms with Crippen molar-refractivity contribution in [3.05, 3.63) is 82.3 Å². The summed E-state index contributed by atoms with van der Waals surface area (Å²) in [6.07, 6.45) is 1.44. The second-order valence-electron chi connectivity index (χ2n) is 10.5. The van der Waals surface area contributed by atoms with Gasteiger partial charge in [-0.1, -0.05) is 31.2 Å². The van der Waals surface area contributed by atoms with E-state index in [9.17, 15) is 22.0 Å². The Balaban J connectivity index is 1.49. The number of nitrogens with one attached hydrogen (secondary N) is 2. The smallest absolute Gasteiger partial charge is 0.260 e. The first kappa shape index (κ1) is 30.8. The number of benzene rings is 2. The average Bonchev–Trinajstić information content (AvgIpc) is 2.97. The van der Waals surface area contributed by atoms with Gasteiger partial charge in [-0.2, -0.15) is 8.81 Å². The summed E-state index contributed by atoms with van der Waals surface area (Å²) in [5, 5.41) is 6.66. The van der Waals surface area contributed by atoms with E-state index in [0.29, 0.717) is 37.0 Å². The van der Waals surface area contributed by atoms with Crippen molar-refractivity contribution in [2.24, 2.45) is 0 Å². The third-order valence-corrected chi connectivity index (χ3v) is 9.60. The lowest BCUT2D eigenvalue weighted by Gasteiger charge is -2.26. The van der Waals surface area contributed by atoms with Crippen LogP contribution in [0.2, 0.25) is 0 Å². The molecule has 1 unspecified atom stereocenters. The number of fused-ring (bicyclic) bond motifs is 1. The summed E-state index contributed by atoms with van der Waals surface area (Å²) < 4.78 is 70.7. The number of halogens is 4. The molecule has 2 N–H and O–H groups in total. The summed E-state index contributed by atoms with van der Waals surface area (Å²) in [6.45, 7) is 4.61. The highest BCUT2D eigenvalue weighted by atomic mass is 35.5. The maximum atomic E-state index is 15.4. The van der Waals surface area contributed by atoms with E-state index >= 15 is 4.39 Å². The first-order chi connectivity index (χ1) is 20.5. The van der Waals surface area contributed by atoms with Crippen LogP contribution in [0, 0.1) is 11.6 Å². The Morgan fingerprint density at radius 3 is 2.63 bits per heavy atom. The van der Waals surface area contributed by atoms with Gasteiger partial charge in [0.2, 0.25) is 5.95 Å². The average molecular weight is 635 g/mol. The third-order valence-electron chi connectivity index (χ3n) is 7.42. The number of piperidine rings is 1. The monoisotopic (exact) mass is 634 g/mol. The molecule has 1 fully saturated rings. The van der Waals surface area contributed by atoms with E-state index in [2.05, 4.69) is 20.6 Å². The van der Waals surface area contributed by atoms with Crippen molar-refractivity contribution in [2.45, 2.75) is 50.7 Å². The van der Waals surface area contributed by atoms with Crippen LogP contribution in [0.1, 0.15) is 38.3 Å². The molecular weight excluding hydrogens is 605 g/mol. The zero-order valence-electron chi connectivity index (χ0n) is 23.4. The van der Waals surface area contributed by atoms with Crippen molar-refractivity contribution < 1.29 is 21.6 Å². The van der Waals surface area contributed by atoms with Gasteiger partial charge >= 0.3 is 0 Å². The van der Waals surface area contributed by atoms with Crippen LogP contribution in [0.3, 0.4) is 0 Å². The van der Waals surface area contributed by atoms with Gasteiger partial charge in [-0.25, -0.2) is 26.6 Å². The topological polar surface area (TPSA) is 109 Å². The number of hydrogen-bond donors (Lipinski definition) is 2. The SMILES string of the molecule is CCC(C)n1c(=O)c(-c2ccc(N(Cl)S(=O)(=O)Cc3ccccc3F)c(F)c2)cc2cnc(N[C@@H]3CNC[C@@H](F)C3)nc21. The van der Waals surface area contributed by atoms with E-state index in [1.165, 1.54) is 35.0 Å². The van der Waals surface area contributed by atoms with Gasteiger partial charge in [0.05, 0.1) is 5.75 Å². The fourth-order valence-electron chi connectivity index (χ4n) is 5.01. The standard InChI is InChI=1S/C29H30ClF3N6O3S/c1-3-17(2)38-27-20(13-35-29(37-27)36-22-12-21(31)14-34-15-22)10-23(28(38)40)18-8-9-26(25(33)11-18)39(30)43(41,42)16-19-6-4-5-7-24(19)32/h4-11,13,17,21-22,34H,3,12,14-16H2,1-2H3,(H,35,36,37)/t17?,21-,22-/m0/s1. The molecule has 43 heavy (non-hydrogen) atoms. The Morgan fingerprint density at radius 1 is 1.16 bits per heavy atom. The minimum absolute atomic E-state index is 0.116. The molecule has 1 aliphatic heterocycles. The van der Waals surface area contributed by atoms with Crippen molar-refractivity contribution in [1.82, 2.24) is 19.9 Å². The Bertz CT molecular complexity index is 1820. The molecule has 14 heteroatoms. The maximum Gasteiger partial charge on any atom is 0.260 e. The minimum Gasteiger partial charge on any atom is -0.350 e. The molecule has 0 aliphatic carbocycles. The molecular formula is C29H30ClF3N6O3S. The highest BCUT2D eigenvalue weighted by Gasteiger charge is 2.27. The fourth-order valence-corrected chi connectivity index (χ4v) is 6.48. The summed E-state index contributed by atoms with van der Waals surface area (Å²) in [7, 11) is -4.36. The van der Waals surface area contributed by atoms with Gasteiger partial charge in [-0.3, -0.25) is 9.36 Å². The number of nitrogens with zero attached hydrogens (tertiary/aromatic N) is 4. The number of pyridine rings is 1. The number of anilines is 2. The summed E-state index contributed by atoms with van der Waals surface area (Å²) in [5.41, 5.74) is -0.326. The highest BCUT2D eigenvalue weighted by Crippen LogP contribution is 2.31. The summed E-state index contributed by atoms with van der Waals surface area (Å²) in [5.74, 6) is -2.25. The van der Waals surface area contributed by atoms with E-state index in [4.69, 9.17) is 11.8 Å². The second-order valence-corrected chi connectivity index (χ2v) is 12.9. The molecule has 3 atom stereocenters. The van der Waals surface area contributed by atoms with E-state index in [1.807, 2.05) is 13.8 Å². The Kier molecular flexibility index (Phi) is 8.95. The molecule has 1 aliphatic rings. The van der Waals surface area contributed by atoms with Crippen LogP contribution in [0.5, 0.6) is 0 Å². The summed E-state index contributed by atoms with van der Waals surface area (Å²) in [6, 6.07) is 9.91. The normalized spacial score (nSPS) is 18.0. The fraction of sp³-hybridized carbons (Fsp3) is 0.345. The molecule has 2 aromatic heterocycles. The number of rotatable bonds is 9. The third kappa shape index (κ3) is 6.48. The molecule has 4 aromatic rings. The molecule has 9 nitrogen and oxygen atoms in total. The van der Waals surface area contributed by atoms with Crippen molar-refractivity contribution in [3.8, 4) is 11.1 Å². The first-order valence-corrected chi connectivity index (χ1v) is 15.7. The zero-order valence-corrected chi connectivity index (χ0v) is 25.0. The van der Waals surface area contributed by atoms with Crippen LogP contribution in [0.25, 0.3) is 22.2 Å². The molecule has 0 amide bonds. The zero-order chi connectivity index (χ0) is 30.9. The van der Waals surface area contributed by atoms with E-state index in [0.717, 1.165) is 18.2 Å². The minimum atomic E-state index is -4.36. The molecule has 1 saturated heterocycles. The highest BCUT2D eigenvalue weighted by molar-refractivity contribution is 7.93. The largest absolute Gasteiger partial charge is 0.350 e. The van der Waals surface area contributed by atoms with Gasteiger partial charge in [-0.15, -0.1) is 0 Å². The number of alkyl halides is 1. The van der Waals surface area contributed by atoms with E-state index in [-0.39, 0.29) is 38.5 Å². The molecule has 0 saturated carbocycles. The molecule has 0 spiro atoms. The van der Waals surface area contributed by atoms with Gasteiger partial charge in [0.1, 0.15) is 29.1 Å². The molecule has 5 rings (SSSR count). The van der Waals surface area contributed by atoms with Gasteiger partial charge < -0.3 is 10.6 Å². The molecule has 2 aromatic carbocycles. The summed E-state index contributed by atoms with van der Waals surface area (Å²) >= 11 is 6.06. The van der Waals surface area contributed by atoms with Gasteiger partial charge in [0, 0.05) is 66.1 Å². The lowest BCUT2D eigenvalue weighted by Crippen LogP contribution is -2.44. The number of hydrogen-bond acceptors (Lipinski definition) is 7. The van der Waals surface area contributed by atoms with Crippen molar-refractivity contribution in [2.75, 3.05) is 22.2 Å². The van der Waals surface area contributed by atoms with Crippen LogP contribution >= 0.6 is 11.8 Å². The van der Waals surface area contributed by atoms with Crippen LogP contribution < -0.4 is 20.0 Å². The van der Waals surface area contributed by atoms with Crippen molar-refractivity contribution >= 4 is 44.5 Å². The second kappa shape index (κ2) is 12.5. The Hall–Kier alpha value is -3.68. The molecule has 228 valence electrons. The van der Waals surface area contributed by atoms with E-state index < -0.39 is 44.8 Å². The van der Waals surface area contributed by atoms with Crippen LogP contribution in [0.4, 0.5) is 24.8 Å². The number of sulfonamides is 1. The Labute approximate surface area is 251 Å². The predicted molar refractivity (Wildman–Crippen MR) is 161 cm³/mol. The van der Waals surface area contributed by atoms with Gasteiger partial charge in [-0.05, 0) is 43.2 Å². The van der Waals surface area contributed by atoms with E-state index in [1.54, 1.807) is 6.07 Å². The van der Waals surface area contributed by atoms with Crippen LogP contribution in [0.15, 0.2) is 59.5 Å². The van der Waals surface area contributed by atoms with Gasteiger partial charge in [0.25, 0.3) is 15.6 Å². The number of aromatic nitrogens is 3. The van der Waals surface area contributed by atoms with Crippen LogP contribution in [-0.4, -0.2) is 48.3 Å².